The molecule has 0 spiro atoms. The lowest BCUT2D eigenvalue weighted by Gasteiger charge is -2.31. The van der Waals surface area contributed by atoms with E-state index in [1.807, 2.05) is 75.4 Å². The van der Waals surface area contributed by atoms with Crippen LogP contribution in [0, 0.1) is 11.2 Å². The number of carbonyl (C=O) groups is 2. The molecule has 0 aliphatic carbocycles. The van der Waals surface area contributed by atoms with E-state index in [0.29, 0.717) is 18.8 Å². The number of carbonyl (C=O) groups excluding carboxylic acids is 2. The molecule has 1 atom stereocenters. The SMILES string of the molecule is CC(C)(C)[C@@H](CNCC(=O)OCc1ccccc1)NC(=O)c1nn(Cc2ccc(F)cc2)c2ccccc12. The van der Waals surface area contributed by atoms with Crippen molar-refractivity contribution in [3.05, 3.63) is 102 Å². The molecule has 1 heterocycles. The summed E-state index contributed by atoms with van der Waals surface area (Å²) < 4.78 is 20.4. The highest BCUT2D eigenvalue weighted by Crippen LogP contribution is 2.23. The normalized spacial score (nSPS) is 12.3. The lowest BCUT2D eigenvalue weighted by molar-refractivity contribution is -0.143. The Morgan fingerprint density at radius 3 is 2.34 bits per heavy atom. The molecule has 4 aromatic rings. The summed E-state index contributed by atoms with van der Waals surface area (Å²) in [7, 11) is 0. The van der Waals surface area contributed by atoms with Gasteiger partial charge in [0.05, 0.1) is 18.6 Å². The molecule has 3 aromatic carbocycles. The van der Waals surface area contributed by atoms with Gasteiger partial charge in [-0.15, -0.1) is 0 Å². The minimum absolute atomic E-state index is 0.0323. The summed E-state index contributed by atoms with van der Waals surface area (Å²) in [4.78, 5) is 25.6. The monoisotopic (exact) mass is 516 g/mol. The van der Waals surface area contributed by atoms with E-state index in [9.17, 15) is 14.0 Å². The van der Waals surface area contributed by atoms with Gasteiger partial charge in [-0.2, -0.15) is 5.10 Å². The van der Waals surface area contributed by atoms with E-state index in [0.717, 1.165) is 22.0 Å². The van der Waals surface area contributed by atoms with Crippen LogP contribution < -0.4 is 10.6 Å². The molecule has 1 amide bonds. The fourth-order valence-electron chi connectivity index (χ4n) is 4.09. The molecule has 0 aliphatic heterocycles. The fourth-order valence-corrected chi connectivity index (χ4v) is 4.09. The molecule has 0 fully saturated rings. The number of esters is 1. The maximum Gasteiger partial charge on any atom is 0.320 e. The van der Waals surface area contributed by atoms with E-state index in [-0.39, 0.29) is 42.3 Å². The standard InChI is InChI=1S/C30H33FN4O3/c1-30(2,3)26(17-32-18-27(36)38-20-22-9-5-4-6-10-22)33-29(37)28-24-11-7-8-12-25(24)35(34-28)19-21-13-15-23(31)16-14-21/h4-16,26,32H,17-20H2,1-3H3,(H,33,37)/t26-/m1/s1. The quantitative estimate of drug-likeness (QED) is 0.299. The maximum absolute atomic E-state index is 13.4. The number of halogens is 1. The molecule has 7 nitrogen and oxygen atoms in total. The minimum Gasteiger partial charge on any atom is -0.460 e. The average molecular weight is 517 g/mol. The summed E-state index contributed by atoms with van der Waals surface area (Å²) in [5.41, 5.74) is 2.64. The Hall–Kier alpha value is -4.04. The van der Waals surface area contributed by atoms with E-state index in [2.05, 4.69) is 15.7 Å². The molecule has 8 heteroatoms. The van der Waals surface area contributed by atoms with Gasteiger partial charge in [-0.3, -0.25) is 14.3 Å². The first-order valence-corrected chi connectivity index (χ1v) is 12.6. The van der Waals surface area contributed by atoms with Crippen molar-refractivity contribution in [3.8, 4) is 0 Å². The van der Waals surface area contributed by atoms with Crippen molar-refractivity contribution in [2.75, 3.05) is 13.1 Å². The van der Waals surface area contributed by atoms with Crippen LogP contribution in [-0.2, 0) is 22.7 Å². The van der Waals surface area contributed by atoms with E-state index in [4.69, 9.17) is 4.74 Å². The molecule has 0 saturated heterocycles. The Morgan fingerprint density at radius 2 is 1.63 bits per heavy atom. The molecule has 0 radical (unpaired) electrons. The van der Waals surface area contributed by atoms with Gasteiger partial charge >= 0.3 is 5.97 Å². The number of ether oxygens (including phenoxy) is 1. The number of nitrogens with zero attached hydrogens (tertiary/aromatic N) is 2. The Balaban J connectivity index is 1.41. The van der Waals surface area contributed by atoms with E-state index in [1.54, 1.807) is 16.8 Å². The summed E-state index contributed by atoms with van der Waals surface area (Å²) >= 11 is 0. The van der Waals surface area contributed by atoms with Gasteiger partial charge in [0.15, 0.2) is 5.69 Å². The van der Waals surface area contributed by atoms with Crippen molar-refractivity contribution in [1.82, 2.24) is 20.4 Å². The van der Waals surface area contributed by atoms with Gasteiger partial charge < -0.3 is 15.4 Å². The van der Waals surface area contributed by atoms with Crippen molar-refractivity contribution >= 4 is 22.8 Å². The fraction of sp³-hybridized carbons (Fsp3) is 0.300. The summed E-state index contributed by atoms with van der Waals surface area (Å²) in [5.74, 6) is -0.962. The lowest BCUT2D eigenvalue weighted by atomic mass is 9.86. The first-order valence-electron chi connectivity index (χ1n) is 12.6. The third-order valence-corrected chi connectivity index (χ3v) is 6.33. The molecular formula is C30H33FN4O3. The Morgan fingerprint density at radius 1 is 0.947 bits per heavy atom. The largest absolute Gasteiger partial charge is 0.460 e. The minimum atomic E-state index is -0.363. The number of amides is 1. The summed E-state index contributed by atoms with van der Waals surface area (Å²) in [5, 5.41) is 11.6. The highest BCUT2D eigenvalue weighted by Gasteiger charge is 2.28. The third-order valence-electron chi connectivity index (χ3n) is 6.33. The second kappa shape index (κ2) is 12.0. The highest BCUT2D eigenvalue weighted by atomic mass is 19.1. The number of para-hydroxylation sites is 1. The highest BCUT2D eigenvalue weighted by molar-refractivity contribution is 6.05. The molecule has 198 valence electrons. The second-order valence-corrected chi connectivity index (χ2v) is 10.3. The zero-order valence-electron chi connectivity index (χ0n) is 21.9. The van der Waals surface area contributed by atoms with Crippen LogP contribution in [0.1, 0.15) is 42.4 Å². The molecule has 0 unspecified atom stereocenters. The Kier molecular flexibility index (Phi) is 8.53. The molecule has 2 N–H and O–H groups in total. The average Bonchev–Trinajstić information content (AvgIpc) is 3.26. The number of aromatic nitrogens is 2. The predicted molar refractivity (Wildman–Crippen MR) is 145 cm³/mol. The molecule has 0 saturated carbocycles. The zero-order chi connectivity index (χ0) is 27.1. The van der Waals surface area contributed by atoms with E-state index >= 15 is 0 Å². The van der Waals surface area contributed by atoms with E-state index < -0.39 is 0 Å². The van der Waals surface area contributed by atoms with Crippen molar-refractivity contribution in [1.29, 1.82) is 0 Å². The van der Waals surface area contributed by atoms with Crippen molar-refractivity contribution in [2.45, 2.75) is 40.0 Å². The molecular weight excluding hydrogens is 483 g/mol. The molecule has 1 aromatic heterocycles. The van der Waals surface area contributed by atoms with Gasteiger partial charge in [0.25, 0.3) is 5.91 Å². The van der Waals surface area contributed by atoms with Gasteiger partial charge in [0.2, 0.25) is 0 Å². The summed E-state index contributed by atoms with van der Waals surface area (Å²) in [6.45, 7) is 7.11. The van der Waals surface area contributed by atoms with Crippen LogP contribution in [0.3, 0.4) is 0 Å². The number of fused-ring (bicyclic) bond motifs is 1. The van der Waals surface area contributed by atoms with E-state index in [1.165, 1.54) is 12.1 Å². The van der Waals surface area contributed by atoms with Gasteiger partial charge in [0.1, 0.15) is 12.4 Å². The van der Waals surface area contributed by atoms with Crippen LogP contribution in [0.2, 0.25) is 0 Å². The van der Waals surface area contributed by atoms with Gasteiger partial charge in [-0.25, -0.2) is 4.39 Å². The molecule has 0 aliphatic rings. The Labute approximate surface area is 222 Å². The predicted octanol–water partition coefficient (Wildman–Crippen LogP) is 4.70. The zero-order valence-corrected chi connectivity index (χ0v) is 21.9. The Bertz CT molecular complexity index is 1380. The second-order valence-electron chi connectivity index (χ2n) is 10.3. The topological polar surface area (TPSA) is 85.2 Å². The van der Waals surface area contributed by atoms with Gasteiger partial charge in [-0.1, -0.05) is 81.4 Å². The van der Waals surface area contributed by atoms with Crippen LogP contribution in [-0.4, -0.2) is 40.8 Å². The number of benzene rings is 3. The summed E-state index contributed by atoms with van der Waals surface area (Å²) in [6.07, 6.45) is 0. The molecule has 38 heavy (non-hydrogen) atoms. The molecule has 0 bridgehead atoms. The van der Waals surface area contributed by atoms with Crippen molar-refractivity contribution in [3.63, 3.8) is 0 Å². The maximum atomic E-state index is 13.4. The molecule has 4 rings (SSSR count). The van der Waals surface area contributed by atoms with Crippen LogP contribution in [0.25, 0.3) is 10.9 Å². The first-order chi connectivity index (χ1) is 18.2. The number of hydrogen-bond donors (Lipinski definition) is 2. The first kappa shape index (κ1) is 27.0. The number of nitrogens with one attached hydrogen (secondary N) is 2. The van der Waals surface area contributed by atoms with Crippen LogP contribution in [0.4, 0.5) is 4.39 Å². The summed E-state index contributed by atoms with van der Waals surface area (Å²) in [6, 6.07) is 23.0. The van der Waals surface area contributed by atoms with Gasteiger partial charge in [-0.05, 0) is 34.7 Å². The van der Waals surface area contributed by atoms with Gasteiger partial charge in [0, 0.05) is 18.0 Å². The lowest BCUT2D eigenvalue weighted by Crippen LogP contribution is -2.50. The third kappa shape index (κ3) is 7.04. The van der Waals surface area contributed by atoms with Crippen molar-refractivity contribution < 1.29 is 18.7 Å². The number of hydrogen-bond acceptors (Lipinski definition) is 5. The van der Waals surface area contributed by atoms with Crippen molar-refractivity contribution in [2.24, 2.45) is 5.41 Å². The number of rotatable bonds is 10. The van der Waals surface area contributed by atoms with Crippen LogP contribution >= 0.6 is 0 Å². The smallest absolute Gasteiger partial charge is 0.320 e. The van der Waals surface area contributed by atoms with Crippen LogP contribution in [0.5, 0.6) is 0 Å². The van der Waals surface area contributed by atoms with Crippen LogP contribution in [0.15, 0.2) is 78.9 Å².